The Morgan fingerprint density at radius 2 is 1.86 bits per heavy atom. The molecule has 7 nitrogen and oxygen atoms in total. The Morgan fingerprint density at radius 3 is 2.50 bits per heavy atom. The van der Waals surface area contributed by atoms with E-state index in [2.05, 4.69) is 31.3 Å². The Labute approximate surface area is 163 Å². The molecule has 0 saturated carbocycles. The molecule has 0 saturated heterocycles. The van der Waals surface area contributed by atoms with Gasteiger partial charge in [0.1, 0.15) is 5.75 Å². The number of nitrogens with one attached hydrogen (secondary N) is 1. The first-order valence-corrected chi connectivity index (χ1v) is 8.73. The number of benzene rings is 2. The Bertz CT molecular complexity index is 881. The van der Waals surface area contributed by atoms with Gasteiger partial charge in [0.05, 0.1) is 10.5 Å². The van der Waals surface area contributed by atoms with Crippen molar-refractivity contribution in [1.29, 1.82) is 0 Å². The number of nitro groups is 1. The molecule has 0 aromatic heterocycles. The standard InChI is InChI=1S/C21H23N3O4/c1-21(2,3)17-10-12-18(13-11-17)28-15-20(25)23-22-14-6-8-16-7-4-5-9-19(16)24(26)27/h4-14H,15H2,1-3H3,(H,23,25)/b8-6+,22-14+. The first-order chi connectivity index (χ1) is 13.3. The minimum absolute atomic E-state index is 0.00191. The highest BCUT2D eigenvalue weighted by molar-refractivity contribution is 5.82. The summed E-state index contributed by atoms with van der Waals surface area (Å²) in [5.41, 5.74) is 4.02. The van der Waals surface area contributed by atoms with E-state index in [-0.39, 0.29) is 17.7 Å². The highest BCUT2D eigenvalue weighted by atomic mass is 16.6. The number of nitro benzene ring substituents is 1. The van der Waals surface area contributed by atoms with E-state index in [0.717, 1.165) is 0 Å². The lowest BCUT2D eigenvalue weighted by molar-refractivity contribution is -0.385. The van der Waals surface area contributed by atoms with Gasteiger partial charge in [-0.25, -0.2) is 5.43 Å². The largest absolute Gasteiger partial charge is 0.484 e. The molecule has 2 aromatic carbocycles. The maximum Gasteiger partial charge on any atom is 0.277 e. The molecule has 0 aliphatic carbocycles. The number of ether oxygens (including phenoxy) is 1. The second kappa shape index (κ2) is 9.45. The van der Waals surface area contributed by atoms with Crippen LogP contribution >= 0.6 is 0 Å². The maximum atomic E-state index is 11.8. The minimum atomic E-state index is -0.454. The van der Waals surface area contributed by atoms with Gasteiger partial charge in [0, 0.05) is 12.3 Å². The molecule has 1 N–H and O–H groups in total. The number of hydrazone groups is 1. The molecule has 0 fully saturated rings. The molecule has 7 heteroatoms. The van der Waals surface area contributed by atoms with Crippen molar-refractivity contribution < 1.29 is 14.5 Å². The summed E-state index contributed by atoms with van der Waals surface area (Å²) >= 11 is 0. The summed E-state index contributed by atoms with van der Waals surface area (Å²) in [6.45, 7) is 6.20. The van der Waals surface area contributed by atoms with Gasteiger partial charge >= 0.3 is 0 Å². The van der Waals surface area contributed by atoms with Crippen LogP contribution in [-0.2, 0) is 10.2 Å². The SMILES string of the molecule is CC(C)(C)c1ccc(OCC(=O)N/N=C/C=C/c2ccccc2[N+](=O)[O-])cc1. The van der Waals surface area contributed by atoms with Gasteiger partial charge in [0.25, 0.3) is 11.6 Å². The van der Waals surface area contributed by atoms with Crippen LogP contribution in [0.5, 0.6) is 5.75 Å². The molecule has 2 aromatic rings. The molecule has 0 heterocycles. The third-order valence-electron chi connectivity index (χ3n) is 3.85. The van der Waals surface area contributed by atoms with Crippen molar-refractivity contribution in [3.8, 4) is 5.75 Å². The number of allylic oxidation sites excluding steroid dienone is 1. The summed E-state index contributed by atoms with van der Waals surface area (Å²) in [4.78, 5) is 22.2. The Kier molecular flexibility index (Phi) is 7.03. The van der Waals surface area contributed by atoms with E-state index < -0.39 is 10.8 Å². The number of hydrogen-bond acceptors (Lipinski definition) is 5. The van der Waals surface area contributed by atoms with Crippen molar-refractivity contribution in [2.75, 3.05) is 6.61 Å². The number of carbonyl (C=O) groups excluding carboxylic acids is 1. The lowest BCUT2D eigenvalue weighted by Crippen LogP contribution is -2.24. The summed E-state index contributed by atoms with van der Waals surface area (Å²) < 4.78 is 5.42. The first kappa shape index (κ1) is 20.8. The van der Waals surface area contributed by atoms with Crippen molar-refractivity contribution in [2.45, 2.75) is 26.2 Å². The Morgan fingerprint density at radius 1 is 1.18 bits per heavy atom. The van der Waals surface area contributed by atoms with Crippen LogP contribution in [0.15, 0.2) is 59.7 Å². The molecule has 1 amide bonds. The topological polar surface area (TPSA) is 93.8 Å². The van der Waals surface area contributed by atoms with Gasteiger partial charge in [0.15, 0.2) is 6.61 Å². The molecule has 0 aliphatic heterocycles. The van der Waals surface area contributed by atoms with Crippen LogP contribution in [0.2, 0.25) is 0 Å². The number of carbonyl (C=O) groups is 1. The van der Waals surface area contributed by atoms with Crippen molar-refractivity contribution in [3.63, 3.8) is 0 Å². The molecule has 0 unspecified atom stereocenters. The van der Waals surface area contributed by atoms with Crippen molar-refractivity contribution in [3.05, 3.63) is 75.8 Å². The molecule has 2 rings (SSSR count). The Balaban J connectivity index is 1.80. The maximum absolute atomic E-state index is 11.8. The smallest absolute Gasteiger partial charge is 0.277 e. The van der Waals surface area contributed by atoms with Gasteiger partial charge in [-0.3, -0.25) is 14.9 Å². The van der Waals surface area contributed by atoms with E-state index in [1.807, 2.05) is 24.3 Å². The zero-order valence-electron chi connectivity index (χ0n) is 16.1. The number of nitrogens with zero attached hydrogens (tertiary/aromatic N) is 2. The highest BCUT2D eigenvalue weighted by Crippen LogP contribution is 2.24. The van der Waals surface area contributed by atoms with Crippen molar-refractivity contribution >= 4 is 23.9 Å². The van der Waals surface area contributed by atoms with Crippen LogP contribution in [0.1, 0.15) is 31.9 Å². The molecule has 0 bridgehead atoms. The van der Waals surface area contributed by atoms with Gasteiger partial charge in [-0.05, 0) is 41.3 Å². The molecular weight excluding hydrogens is 358 g/mol. The van der Waals surface area contributed by atoms with Crippen LogP contribution in [0.25, 0.3) is 6.08 Å². The summed E-state index contributed by atoms with van der Waals surface area (Å²) in [6.07, 6.45) is 4.39. The van der Waals surface area contributed by atoms with Gasteiger partial charge in [-0.1, -0.05) is 45.0 Å². The van der Waals surface area contributed by atoms with Crippen LogP contribution in [0.4, 0.5) is 5.69 Å². The van der Waals surface area contributed by atoms with E-state index in [9.17, 15) is 14.9 Å². The van der Waals surface area contributed by atoms with Crippen molar-refractivity contribution in [2.24, 2.45) is 5.10 Å². The Hall–Kier alpha value is -3.48. The lowest BCUT2D eigenvalue weighted by atomic mass is 9.87. The van der Waals surface area contributed by atoms with Crippen LogP contribution < -0.4 is 10.2 Å². The van der Waals surface area contributed by atoms with Crippen LogP contribution in [0.3, 0.4) is 0 Å². The zero-order chi connectivity index (χ0) is 20.6. The molecule has 0 spiro atoms. The van der Waals surface area contributed by atoms with E-state index >= 15 is 0 Å². The fourth-order valence-corrected chi connectivity index (χ4v) is 2.33. The summed E-state index contributed by atoms with van der Waals surface area (Å²) in [5.74, 6) is 0.193. The second-order valence-corrected chi connectivity index (χ2v) is 7.05. The lowest BCUT2D eigenvalue weighted by Gasteiger charge is -2.19. The summed E-state index contributed by atoms with van der Waals surface area (Å²) in [7, 11) is 0. The van der Waals surface area contributed by atoms with Gasteiger partial charge in [-0.2, -0.15) is 5.10 Å². The molecular formula is C21H23N3O4. The highest BCUT2D eigenvalue weighted by Gasteiger charge is 2.13. The molecule has 28 heavy (non-hydrogen) atoms. The molecule has 0 aliphatic rings. The average Bonchev–Trinajstić information content (AvgIpc) is 2.66. The zero-order valence-corrected chi connectivity index (χ0v) is 16.1. The normalized spacial score (nSPS) is 11.7. The fraction of sp³-hybridized carbons (Fsp3) is 0.238. The third kappa shape index (κ3) is 6.35. The second-order valence-electron chi connectivity index (χ2n) is 7.05. The van der Waals surface area contributed by atoms with Gasteiger partial charge in [-0.15, -0.1) is 0 Å². The summed E-state index contributed by atoms with van der Waals surface area (Å²) in [5, 5.41) is 14.7. The number of hydrogen-bond donors (Lipinski definition) is 1. The predicted molar refractivity (Wildman–Crippen MR) is 109 cm³/mol. The quantitative estimate of drug-likeness (QED) is 0.444. The number of rotatable bonds is 7. The van der Waals surface area contributed by atoms with Gasteiger partial charge < -0.3 is 4.74 Å². The van der Waals surface area contributed by atoms with Crippen molar-refractivity contribution in [1.82, 2.24) is 5.43 Å². The van der Waals surface area contributed by atoms with Gasteiger partial charge in [0.2, 0.25) is 0 Å². The van der Waals surface area contributed by atoms with E-state index in [0.29, 0.717) is 11.3 Å². The third-order valence-corrected chi connectivity index (χ3v) is 3.85. The van der Waals surface area contributed by atoms with Crippen LogP contribution in [-0.4, -0.2) is 23.7 Å². The summed E-state index contributed by atoms with van der Waals surface area (Å²) in [6, 6.07) is 13.9. The predicted octanol–water partition coefficient (Wildman–Crippen LogP) is 4.09. The number of amides is 1. The molecule has 146 valence electrons. The minimum Gasteiger partial charge on any atom is -0.484 e. The number of para-hydroxylation sites is 1. The average molecular weight is 381 g/mol. The molecule has 0 radical (unpaired) electrons. The monoisotopic (exact) mass is 381 g/mol. The van der Waals surface area contributed by atoms with E-state index in [1.165, 1.54) is 23.9 Å². The first-order valence-electron chi connectivity index (χ1n) is 8.73. The molecule has 0 atom stereocenters. The van der Waals surface area contributed by atoms with E-state index in [4.69, 9.17) is 4.74 Å². The van der Waals surface area contributed by atoms with E-state index in [1.54, 1.807) is 24.3 Å². The van der Waals surface area contributed by atoms with Crippen LogP contribution in [0, 0.1) is 10.1 Å². The fourth-order valence-electron chi connectivity index (χ4n) is 2.33.